The van der Waals surface area contributed by atoms with E-state index in [1.165, 1.54) is 0 Å². The highest BCUT2D eigenvalue weighted by atomic mass is 31.2. The number of amides is 1. The van der Waals surface area contributed by atoms with Crippen molar-refractivity contribution in [1.82, 2.24) is 9.96 Å². The van der Waals surface area contributed by atoms with E-state index in [9.17, 15) is 19.7 Å². The normalized spacial score (nSPS) is 16.9. The highest BCUT2D eigenvalue weighted by molar-refractivity contribution is 7.62. The van der Waals surface area contributed by atoms with Crippen molar-refractivity contribution >= 4 is 13.6 Å². The molecule has 0 aliphatic heterocycles. The molecule has 0 radical (unpaired) electrons. The number of nitrogens with zero attached hydrogens (tertiary/aromatic N) is 2. The molecule has 1 amide bonds. The lowest BCUT2D eigenvalue weighted by atomic mass is 10.0. The summed E-state index contributed by atoms with van der Waals surface area (Å²) in [6, 6.07) is -0.358. The molecule has 0 aliphatic rings. The molecule has 126 valence electrons. The van der Waals surface area contributed by atoms with Crippen LogP contribution in [0, 0.1) is 5.92 Å². The molecule has 3 atom stereocenters. The number of carbonyl (C=O) groups is 1. The van der Waals surface area contributed by atoms with Crippen molar-refractivity contribution in [3.05, 3.63) is 0 Å². The number of aliphatic hydroxyl groups excluding tert-OH is 1. The SMILES string of the molecule is CCCC(C(O)P(C)(C)=O)N(CC)C(C(C)C)N(O)C=O. The van der Waals surface area contributed by atoms with E-state index in [4.69, 9.17) is 0 Å². The van der Waals surface area contributed by atoms with Crippen molar-refractivity contribution in [3.8, 4) is 0 Å². The number of carbonyl (C=O) groups excluding carboxylic acids is 1. The average molecular weight is 322 g/mol. The van der Waals surface area contributed by atoms with Crippen LogP contribution in [0.3, 0.4) is 0 Å². The first kappa shape index (κ1) is 20.6. The molecule has 0 spiro atoms. The Balaban J connectivity index is 5.57. The van der Waals surface area contributed by atoms with Gasteiger partial charge in [0.15, 0.2) is 0 Å². The summed E-state index contributed by atoms with van der Waals surface area (Å²) in [4.78, 5) is 12.8. The zero-order chi connectivity index (χ0) is 16.8. The van der Waals surface area contributed by atoms with Gasteiger partial charge in [0.2, 0.25) is 6.41 Å². The summed E-state index contributed by atoms with van der Waals surface area (Å²) < 4.78 is 12.3. The van der Waals surface area contributed by atoms with Crippen molar-refractivity contribution < 1.29 is 19.7 Å². The molecule has 21 heavy (non-hydrogen) atoms. The van der Waals surface area contributed by atoms with Gasteiger partial charge in [-0.2, -0.15) is 0 Å². The molecule has 0 aliphatic carbocycles. The molecule has 6 nitrogen and oxygen atoms in total. The molecule has 0 aromatic carbocycles. The van der Waals surface area contributed by atoms with Crippen LogP contribution in [0.2, 0.25) is 0 Å². The van der Waals surface area contributed by atoms with Crippen LogP contribution in [0.5, 0.6) is 0 Å². The number of hydrogen-bond acceptors (Lipinski definition) is 5. The Morgan fingerprint density at radius 3 is 2.05 bits per heavy atom. The van der Waals surface area contributed by atoms with Gasteiger partial charge in [-0.15, -0.1) is 0 Å². The van der Waals surface area contributed by atoms with Gasteiger partial charge in [-0.1, -0.05) is 34.1 Å². The maximum Gasteiger partial charge on any atom is 0.234 e. The van der Waals surface area contributed by atoms with Gasteiger partial charge in [0, 0.05) is 6.04 Å². The third kappa shape index (κ3) is 5.70. The minimum atomic E-state index is -2.69. The second-order valence-electron chi connectivity index (χ2n) is 6.18. The smallest absolute Gasteiger partial charge is 0.234 e. The van der Waals surface area contributed by atoms with E-state index in [0.29, 0.717) is 24.4 Å². The Hall–Kier alpha value is -0.420. The van der Waals surface area contributed by atoms with Gasteiger partial charge in [-0.25, -0.2) is 5.06 Å². The topological polar surface area (TPSA) is 81.1 Å². The van der Waals surface area contributed by atoms with Crippen LogP contribution in [0.25, 0.3) is 0 Å². The van der Waals surface area contributed by atoms with Crippen LogP contribution in [0.15, 0.2) is 0 Å². The Kier molecular flexibility index (Phi) is 8.71. The minimum absolute atomic E-state index is 0.0280. The summed E-state index contributed by atoms with van der Waals surface area (Å²) >= 11 is 0. The number of hydroxylamine groups is 2. The Bertz CT molecular complexity index is 359. The highest BCUT2D eigenvalue weighted by Crippen LogP contribution is 2.45. The van der Waals surface area contributed by atoms with Crippen LogP contribution in [0.1, 0.15) is 40.5 Å². The molecule has 0 saturated carbocycles. The van der Waals surface area contributed by atoms with Crippen molar-refractivity contribution in [2.75, 3.05) is 19.9 Å². The summed E-state index contributed by atoms with van der Waals surface area (Å²) in [5.41, 5.74) is 0. The molecule has 2 N–H and O–H groups in total. The van der Waals surface area contributed by atoms with E-state index in [1.54, 1.807) is 13.3 Å². The first-order valence-corrected chi connectivity index (χ1v) is 10.2. The van der Waals surface area contributed by atoms with Gasteiger partial charge in [-0.05, 0) is 32.2 Å². The van der Waals surface area contributed by atoms with E-state index in [-0.39, 0.29) is 12.0 Å². The first-order chi connectivity index (χ1) is 9.61. The quantitative estimate of drug-likeness (QED) is 0.212. The molecule has 0 fully saturated rings. The van der Waals surface area contributed by atoms with E-state index < -0.39 is 19.2 Å². The predicted molar refractivity (Wildman–Crippen MR) is 84.9 cm³/mol. The molecule has 0 heterocycles. The van der Waals surface area contributed by atoms with Gasteiger partial charge in [0.1, 0.15) is 19.2 Å². The van der Waals surface area contributed by atoms with E-state index in [2.05, 4.69) is 0 Å². The lowest BCUT2D eigenvalue weighted by Gasteiger charge is -2.43. The van der Waals surface area contributed by atoms with Crippen molar-refractivity contribution in [1.29, 1.82) is 0 Å². The molecule has 0 aromatic heterocycles. The summed E-state index contributed by atoms with van der Waals surface area (Å²) in [5, 5.41) is 21.0. The minimum Gasteiger partial charge on any atom is -0.384 e. The Morgan fingerprint density at radius 1 is 1.24 bits per heavy atom. The zero-order valence-electron chi connectivity index (χ0n) is 14.1. The molecule has 3 unspecified atom stereocenters. The van der Waals surface area contributed by atoms with Crippen LogP contribution in [0.4, 0.5) is 0 Å². The van der Waals surface area contributed by atoms with Crippen LogP contribution < -0.4 is 0 Å². The van der Waals surface area contributed by atoms with Gasteiger partial charge in [-0.3, -0.25) is 14.9 Å². The van der Waals surface area contributed by atoms with Crippen LogP contribution in [-0.4, -0.2) is 64.6 Å². The number of aliphatic hydroxyl groups is 1. The number of hydrogen-bond donors (Lipinski definition) is 2. The fourth-order valence-electron chi connectivity index (χ4n) is 2.72. The fourth-order valence-corrected chi connectivity index (χ4v) is 3.87. The van der Waals surface area contributed by atoms with Gasteiger partial charge >= 0.3 is 0 Å². The van der Waals surface area contributed by atoms with Crippen molar-refractivity contribution in [3.63, 3.8) is 0 Å². The standard InChI is InChI=1S/C14H31N2O4P/c1-7-9-12(14(18)21(5,6)20)15(8-2)13(11(3)4)16(19)10-17/h10-14,18-19H,7-9H2,1-6H3. The molecule has 0 rings (SSSR count). The van der Waals surface area contributed by atoms with E-state index >= 15 is 0 Å². The van der Waals surface area contributed by atoms with Gasteiger partial charge in [0.25, 0.3) is 0 Å². The second-order valence-corrected chi connectivity index (χ2v) is 9.57. The van der Waals surface area contributed by atoms with Crippen molar-refractivity contribution in [2.45, 2.75) is 58.6 Å². The predicted octanol–water partition coefficient (Wildman–Crippen LogP) is 2.25. The second kappa shape index (κ2) is 8.89. The third-order valence-corrected chi connectivity index (χ3v) is 5.29. The monoisotopic (exact) mass is 322 g/mol. The maximum absolute atomic E-state index is 12.3. The lowest BCUT2D eigenvalue weighted by Crippen LogP contribution is -2.56. The molecular formula is C14H31N2O4P. The third-order valence-electron chi connectivity index (χ3n) is 3.67. The van der Waals surface area contributed by atoms with Gasteiger partial charge < -0.3 is 9.67 Å². The average Bonchev–Trinajstić information content (AvgIpc) is 2.39. The molecule has 7 heteroatoms. The largest absolute Gasteiger partial charge is 0.384 e. The molecule has 0 saturated heterocycles. The van der Waals surface area contributed by atoms with Crippen LogP contribution in [-0.2, 0) is 9.36 Å². The zero-order valence-corrected chi connectivity index (χ0v) is 15.0. The molecule has 0 aromatic rings. The molecular weight excluding hydrogens is 291 g/mol. The van der Waals surface area contributed by atoms with Gasteiger partial charge in [0.05, 0.1) is 0 Å². The number of likely N-dealkylation sites (N-methyl/N-ethyl adjacent to an activating group) is 1. The maximum atomic E-state index is 12.3. The number of rotatable bonds is 10. The lowest BCUT2D eigenvalue weighted by molar-refractivity contribution is -0.193. The molecule has 0 bridgehead atoms. The fraction of sp³-hybridized carbons (Fsp3) is 0.929. The summed E-state index contributed by atoms with van der Waals surface area (Å²) in [5.74, 6) is -1.00. The first-order valence-electron chi connectivity index (χ1n) is 7.52. The van der Waals surface area contributed by atoms with E-state index in [0.717, 1.165) is 6.42 Å². The Morgan fingerprint density at radius 2 is 1.76 bits per heavy atom. The summed E-state index contributed by atoms with van der Waals surface area (Å²) in [7, 11) is -2.69. The summed E-state index contributed by atoms with van der Waals surface area (Å²) in [6.45, 7) is 11.4. The highest BCUT2D eigenvalue weighted by Gasteiger charge is 2.38. The van der Waals surface area contributed by atoms with Crippen LogP contribution >= 0.6 is 7.14 Å². The van der Waals surface area contributed by atoms with Crippen molar-refractivity contribution in [2.24, 2.45) is 5.92 Å². The summed E-state index contributed by atoms with van der Waals surface area (Å²) in [6.07, 6.45) is 1.29. The van der Waals surface area contributed by atoms with E-state index in [1.807, 2.05) is 32.6 Å². The Labute approximate surface area is 128 Å².